The van der Waals surface area contributed by atoms with Crippen LogP contribution < -0.4 is 0 Å². The molecule has 0 bridgehead atoms. The van der Waals surface area contributed by atoms with Crippen LogP contribution in [0.25, 0.3) is 0 Å². The fourth-order valence-corrected chi connectivity index (χ4v) is 4.31. The Morgan fingerprint density at radius 3 is 2.69 bits per heavy atom. The molecular formula is C12H9Br2FS. The van der Waals surface area contributed by atoms with Crippen LogP contribution in [0.4, 0.5) is 4.39 Å². The molecule has 2 aromatic rings. The molecule has 0 aliphatic heterocycles. The minimum Gasteiger partial charge on any atom is -0.207 e. The molecule has 4 heteroatoms. The van der Waals surface area contributed by atoms with Crippen molar-refractivity contribution in [2.75, 3.05) is 0 Å². The first-order valence-corrected chi connectivity index (χ1v) is 7.31. The highest BCUT2D eigenvalue weighted by Gasteiger charge is 2.18. The van der Waals surface area contributed by atoms with Crippen molar-refractivity contribution in [3.8, 4) is 0 Å². The smallest absolute Gasteiger partial charge is 0.127 e. The van der Waals surface area contributed by atoms with E-state index in [1.165, 1.54) is 6.07 Å². The highest BCUT2D eigenvalue weighted by Crippen LogP contribution is 2.39. The van der Waals surface area contributed by atoms with Gasteiger partial charge in [-0.25, -0.2) is 4.39 Å². The highest BCUT2D eigenvalue weighted by atomic mass is 79.9. The average molecular weight is 364 g/mol. The van der Waals surface area contributed by atoms with E-state index >= 15 is 0 Å². The number of rotatable bonds is 2. The minimum atomic E-state index is -0.173. The molecule has 1 aromatic carbocycles. The summed E-state index contributed by atoms with van der Waals surface area (Å²) < 4.78 is 14.7. The zero-order valence-electron chi connectivity index (χ0n) is 8.51. The van der Waals surface area contributed by atoms with Gasteiger partial charge in [-0.05, 0) is 40.4 Å². The summed E-state index contributed by atoms with van der Waals surface area (Å²) in [4.78, 5) is 0.992. The van der Waals surface area contributed by atoms with Gasteiger partial charge < -0.3 is 0 Å². The quantitative estimate of drug-likeness (QED) is 0.623. The number of benzene rings is 1. The van der Waals surface area contributed by atoms with E-state index in [4.69, 9.17) is 0 Å². The number of halogens is 3. The van der Waals surface area contributed by atoms with Crippen LogP contribution in [0, 0.1) is 12.7 Å². The molecule has 0 aliphatic rings. The second kappa shape index (κ2) is 4.98. The third-order valence-corrected chi connectivity index (χ3v) is 5.49. The summed E-state index contributed by atoms with van der Waals surface area (Å²) in [5, 5.41) is 1.99. The van der Waals surface area contributed by atoms with Gasteiger partial charge in [-0.1, -0.05) is 33.6 Å². The van der Waals surface area contributed by atoms with Crippen LogP contribution in [-0.2, 0) is 0 Å². The molecule has 0 N–H and O–H groups in total. The van der Waals surface area contributed by atoms with Gasteiger partial charge >= 0.3 is 0 Å². The van der Waals surface area contributed by atoms with Gasteiger partial charge in [0.15, 0.2) is 0 Å². The standard InChI is InChI=1S/C12H9Br2FS/c1-7-2-3-10(15)8(6-7)11(14)12-9(13)4-5-16-12/h2-6,11H,1H3. The number of hydrogen-bond donors (Lipinski definition) is 0. The number of hydrogen-bond acceptors (Lipinski definition) is 1. The maximum atomic E-state index is 13.7. The van der Waals surface area contributed by atoms with Gasteiger partial charge in [0, 0.05) is 14.9 Å². The molecule has 0 amide bonds. The van der Waals surface area contributed by atoms with Gasteiger partial charge in [0.2, 0.25) is 0 Å². The van der Waals surface area contributed by atoms with E-state index in [1.807, 2.05) is 24.4 Å². The minimum absolute atomic E-state index is 0.0956. The molecular weight excluding hydrogens is 355 g/mol. The molecule has 1 atom stereocenters. The van der Waals surface area contributed by atoms with Crippen molar-refractivity contribution in [3.63, 3.8) is 0 Å². The lowest BCUT2D eigenvalue weighted by molar-refractivity contribution is 0.613. The Morgan fingerprint density at radius 1 is 1.31 bits per heavy atom. The van der Waals surface area contributed by atoms with E-state index in [2.05, 4.69) is 31.9 Å². The van der Waals surface area contributed by atoms with Crippen molar-refractivity contribution >= 4 is 43.2 Å². The summed E-state index contributed by atoms with van der Waals surface area (Å²) in [5.74, 6) is -0.173. The van der Waals surface area contributed by atoms with E-state index in [-0.39, 0.29) is 10.6 Å². The van der Waals surface area contributed by atoms with Crippen LogP contribution in [-0.4, -0.2) is 0 Å². The number of alkyl halides is 1. The first kappa shape index (κ1) is 12.3. The number of thiophene rings is 1. The summed E-state index contributed by atoms with van der Waals surface area (Å²) in [5.41, 5.74) is 1.75. The van der Waals surface area contributed by atoms with Crippen molar-refractivity contribution in [1.82, 2.24) is 0 Å². The molecule has 84 valence electrons. The van der Waals surface area contributed by atoms with E-state index in [0.717, 1.165) is 14.9 Å². The molecule has 0 saturated carbocycles. The molecule has 0 nitrogen and oxygen atoms in total. The lowest BCUT2D eigenvalue weighted by Crippen LogP contribution is -1.95. The van der Waals surface area contributed by atoms with Gasteiger partial charge in [-0.3, -0.25) is 0 Å². The Hall–Kier alpha value is -0.190. The maximum Gasteiger partial charge on any atom is 0.127 e. The fraction of sp³-hybridized carbons (Fsp3) is 0.167. The van der Waals surface area contributed by atoms with Gasteiger partial charge in [-0.2, -0.15) is 0 Å². The summed E-state index contributed by atoms with van der Waals surface area (Å²) in [7, 11) is 0. The summed E-state index contributed by atoms with van der Waals surface area (Å²) in [6.07, 6.45) is 0. The zero-order chi connectivity index (χ0) is 11.7. The Morgan fingerprint density at radius 2 is 2.06 bits per heavy atom. The lowest BCUT2D eigenvalue weighted by atomic mass is 10.1. The first-order valence-electron chi connectivity index (χ1n) is 4.72. The van der Waals surface area contributed by atoms with E-state index in [1.54, 1.807) is 17.4 Å². The first-order chi connectivity index (χ1) is 7.59. The van der Waals surface area contributed by atoms with Crippen LogP contribution in [0.2, 0.25) is 0 Å². The van der Waals surface area contributed by atoms with E-state index < -0.39 is 0 Å². The molecule has 0 aliphatic carbocycles. The van der Waals surface area contributed by atoms with Crippen molar-refractivity contribution in [2.24, 2.45) is 0 Å². The lowest BCUT2D eigenvalue weighted by Gasteiger charge is -2.11. The predicted octanol–water partition coefficient (Wildman–Crippen LogP) is 5.44. The van der Waals surface area contributed by atoms with Crippen molar-refractivity contribution in [2.45, 2.75) is 11.8 Å². The predicted molar refractivity (Wildman–Crippen MR) is 73.9 cm³/mol. The third-order valence-electron chi connectivity index (χ3n) is 2.30. The van der Waals surface area contributed by atoms with Gasteiger partial charge in [0.25, 0.3) is 0 Å². The Balaban J connectivity index is 2.45. The number of aryl methyl sites for hydroxylation is 1. The second-order valence-electron chi connectivity index (χ2n) is 3.52. The molecule has 0 saturated heterocycles. The highest BCUT2D eigenvalue weighted by molar-refractivity contribution is 9.11. The average Bonchev–Trinajstić information content (AvgIpc) is 2.67. The van der Waals surface area contributed by atoms with Crippen molar-refractivity contribution in [3.05, 3.63) is 55.9 Å². The molecule has 1 aromatic heterocycles. The van der Waals surface area contributed by atoms with Gasteiger partial charge in [0.1, 0.15) is 5.82 Å². The summed E-state index contributed by atoms with van der Waals surface area (Å²) >= 11 is 8.62. The van der Waals surface area contributed by atoms with Crippen LogP contribution in [0.15, 0.2) is 34.1 Å². The second-order valence-corrected chi connectivity index (χ2v) is 6.24. The molecule has 1 unspecified atom stereocenters. The van der Waals surface area contributed by atoms with Gasteiger partial charge in [-0.15, -0.1) is 11.3 Å². The molecule has 0 fully saturated rings. The fourth-order valence-electron chi connectivity index (χ4n) is 1.48. The van der Waals surface area contributed by atoms with Crippen LogP contribution in [0.5, 0.6) is 0 Å². The Labute approximate surface area is 115 Å². The zero-order valence-corrected chi connectivity index (χ0v) is 12.5. The van der Waals surface area contributed by atoms with Crippen molar-refractivity contribution in [1.29, 1.82) is 0 Å². The molecule has 1 heterocycles. The van der Waals surface area contributed by atoms with Crippen LogP contribution in [0.3, 0.4) is 0 Å². The molecule has 0 spiro atoms. The topological polar surface area (TPSA) is 0 Å². The summed E-state index contributed by atoms with van der Waals surface area (Å²) in [6.45, 7) is 1.96. The molecule has 0 radical (unpaired) electrons. The SMILES string of the molecule is Cc1ccc(F)c(C(Br)c2sccc2Br)c1. The largest absolute Gasteiger partial charge is 0.207 e. The van der Waals surface area contributed by atoms with Crippen molar-refractivity contribution < 1.29 is 4.39 Å². The third kappa shape index (κ3) is 2.39. The normalized spacial score (nSPS) is 12.8. The maximum absolute atomic E-state index is 13.7. The van der Waals surface area contributed by atoms with Crippen LogP contribution >= 0.6 is 43.2 Å². The molecule has 16 heavy (non-hydrogen) atoms. The van der Waals surface area contributed by atoms with E-state index in [0.29, 0.717) is 5.56 Å². The molecule has 2 rings (SSSR count). The van der Waals surface area contributed by atoms with Gasteiger partial charge in [0.05, 0.1) is 4.83 Å². The van der Waals surface area contributed by atoms with Crippen LogP contribution in [0.1, 0.15) is 20.8 Å². The monoisotopic (exact) mass is 362 g/mol. The Kier molecular flexibility index (Phi) is 3.82. The Bertz CT molecular complexity index is 507. The summed E-state index contributed by atoms with van der Waals surface area (Å²) in [6, 6.07) is 7.14. The van der Waals surface area contributed by atoms with E-state index in [9.17, 15) is 4.39 Å².